The molecule has 128 valence electrons. The van der Waals surface area contributed by atoms with Gasteiger partial charge >= 0.3 is 18.3 Å². The monoisotopic (exact) mass is 339 g/mol. The molecule has 1 saturated heterocycles. The summed E-state index contributed by atoms with van der Waals surface area (Å²) in [5.74, 6) is 1.58. The van der Waals surface area contributed by atoms with Crippen LogP contribution in [0.15, 0.2) is 18.5 Å². The number of halogens is 2. The van der Waals surface area contributed by atoms with Gasteiger partial charge in [-0.05, 0) is 13.5 Å². The van der Waals surface area contributed by atoms with Crippen molar-refractivity contribution in [3.63, 3.8) is 0 Å². The average Bonchev–Trinajstić information content (AvgIpc) is 3.08. The maximum Gasteiger partial charge on any atom is 0.388 e. The van der Waals surface area contributed by atoms with E-state index in [9.17, 15) is 8.78 Å². The SMILES string of the molecule is CC12CNCCC1Oc1cncc(Nc3cc(OC(F)F)n[nH]3)[n+]12. The predicted octanol–water partition coefficient (Wildman–Crippen LogP) is 0.907. The van der Waals surface area contributed by atoms with Crippen molar-refractivity contribution < 1.29 is 22.8 Å². The van der Waals surface area contributed by atoms with Crippen LogP contribution in [0.2, 0.25) is 0 Å². The van der Waals surface area contributed by atoms with Gasteiger partial charge in [-0.2, -0.15) is 13.3 Å². The highest BCUT2D eigenvalue weighted by Gasteiger charge is 2.52. The lowest BCUT2D eigenvalue weighted by Crippen LogP contribution is -2.64. The molecule has 2 aliphatic heterocycles. The van der Waals surface area contributed by atoms with Gasteiger partial charge in [-0.1, -0.05) is 0 Å². The van der Waals surface area contributed by atoms with Gasteiger partial charge in [-0.3, -0.25) is 0 Å². The van der Waals surface area contributed by atoms with E-state index in [1.54, 1.807) is 12.4 Å². The summed E-state index contributed by atoms with van der Waals surface area (Å²) >= 11 is 0. The first-order valence-corrected chi connectivity index (χ1v) is 7.61. The minimum absolute atomic E-state index is 0.0583. The second-order valence-corrected chi connectivity index (χ2v) is 6.02. The Bertz CT molecular complexity index is 755. The number of nitrogens with zero attached hydrogens (tertiary/aromatic N) is 3. The van der Waals surface area contributed by atoms with Gasteiger partial charge in [0.2, 0.25) is 11.7 Å². The molecule has 3 N–H and O–H groups in total. The van der Waals surface area contributed by atoms with Crippen molar-refractivity contribution in [1.82, 2.24) is 20.5 Å². The van der Waals surface area contributed by atoms with E-state index in [4.69, 9.17) is 4.74 Å². The number of aromatic amines is 1. The molecule has 2 aromatic rings. The molecule has 0 radical (unpaired) electrons. The van der Waals surface area contributed by atoms with E-state index in [1.165, 1.54) is 6.07 Å². The fraction of sp³-hybridized carbons (Fsp3) is 0.500. The van der Waals surface area contributed by atoms with Gasteiger partial charge in [-0.25, -0.2) is 15.4 Å². The third-order valence-corrected chi connectivity index (χ3v) is 4.40. The smallest absolute Gasteiger partial charge is 0.388 e. The molecule has 0 bridgehead atoms. The van der Waals surface area contributed by atoms with Crippen LogP contribution in [0.5, 0.6) is 11.8 Å². The van der Waals surface area contributed by atoms with Gasteiger partial charge in [-0.15, -0.1) is 5.10 Å². The largest absolute Gasteiger partial charge is 0.453 e. The molecular formula is C14H17F2N6O2+. The van der Waals surface area contributed by atoms with E-state index in [0.717, 1.165) is 19.5 Å². The molecule has 0 aliphatic carbocycles. The summed E-state index contributed by atoms with van der Waals surface area (Å²) in [5, 5.41) is 12.8. The first-order valence-electron chi connectivity index (χ1n) is 7.61. The molecule has 2 aromatic heterocycles. The number of hydrogen-bond acceptors (Lipinski definition) is 6. The average molecular weight is 339 g/mol. The molecule has 0 spiro atoms. The summed E-state index contributed by atoms with van der Waals surface area (Å²) in [6.07, 6.45) is 4.29. The van der Waals surface area contributed by atoms with Crippen LogP contribution >= 0.6 is 0 Å². The third-order valence-electron chi connectivity index (χ3n) is 4.40. The van der Waals surface area contributed by atoms with E-state index in [0.29, 0.717) is 17.5 Å². The normalized spacial score (nSPS) is 25.1. The van der Waals surface area contributed by atoms with Gasteiger partial charge in [0.25, 0.3) is 0 Å². The first-order chi connectivity index (χ1) is 11.6. The van der Waals surface area contributed by atoms with Gasteiger partial charge in [0, 0.05) is 13.0 Å². The van der Waals surface area contributed by atoms with Crippen molar-refractivity contribution in [2.45, 2.75) is 31.6 Å². The van der Waals surface area contributed by atoms with Crippen LogP contribution < -0.4 is 24.7 Å². The van der Waals surface area contributed by atoms with Crippen molar-refractivity contribution in [1.29, 1.82) is 0 Å². The zero-order chi connectivity index (χ0) is 16.7. The van der Waals surface area contributed by atoms with Crippen LogP contribution in [0.4, 0.5) is 20.4 Å². The lowest BCUT2D eigenvalue weighted by atomic mass is 9.89. The Hall–Kier alpha value is -2.49. The second-order valence-electron chi connectivity index (χ2n) is 6.02. The minimum atomic E-state index is -2.92. The highest BCUT2D eigenvalue weighted by Crippen LogP contribution is 2.33. The van der Waals surface area contributed by atoms with E-state index < -0.39 is 6.61 Å². The Morgan fingerprint density at radius 3 is 3.21 bits per heavy atom. The molecule has 2 unspecified atom stereocenters. The number of hydrogen-bond donors (Lipinski definition) is 3. The minimum Gasteiger partial charge on any atom is -0.453 e. The zero-order valence-electron chi connectivity index (χ0n) is 12.9. The Kier molecular flexibility index (Phi) is 3.48. The molecule has 0 aromatic carbocycles. The van der Waals surface area contributed by atoms with E-state index in [-0.39, 0.29) is 17.5 Å². The van der Waals surface area contributed by atoms with E-state index in [2.05, 4.69) is 37.5 Å². The molecule has 4 rings (SSSR count). The van der Waals surface area contributed by atoms with Crippen LogP contribution in [0.3, 0.4) is 0 Å². The maximum atomic E-state index is 12.2. The standard InChI is InChI=1S/C14H16F2N6O2/c1-14-7-17-3-2-8(14)23-12-6-18-5-10(22(12)14)19-9-4-11(21-20-9)24-13(15)16/h4-6,8,13,17H,2-3,7H2,1H3,(H,18,20,21)/p+1. The van der Waals surface area contributed by atoms with E-state index in [1.807, 2.05) is 4.57 Å². The lowest BCUT2D eigenvalue weighted by Gasteiger charge is -2.32. The third kappa shape index (κ3) is 2.42. The van der Waals surface area contributed by atoms with Crippen molar-refractivity contribution in [3.8, 4) is 11.8 Å². The highest BCUT2D eigenvalue weighted by molar-refractivity contribution is 5.49. The van der Waals surface area contributed by atoms with Gasteiger partial charge in [0.1, 0.15) is 18.5 Å². The van der Waals surface area contributed by atoms with Gasteiger partial charge in [0.05, 0.1) is 6.07 Å². The van der Waals surface area contributed by atoms with Gasteiger partial charge < -0.3 is 14.8 Å². The van der Waals surface area contributed by atoms with Crippen molar-refractivity contribution >= 4 is 11.6 Å². The first kappa shape index (κ1) is 15.1. The predicted molar refractivity (Wildman–Crippen MR) is 78.5 cm³/mol. The molecule has 0 saturated carbocycles. The summed E-state index contributed by atoms with van der Waals surface area (Å²) in [6, 6.07) is 1.36. The fourth-order valence-corrected chi connectivity index (χ4v) is 3.32. The van der Waals surface area contributed by atoms with Crippen molar-refractivity contribution in [3.05, 3.63) is 18.5 Å². The zero-order valence-corrected chi connectivity index (χ0v) is 12.9. The molecule has 0 amide bonds. The van der Waals surface area contributed by atoms with Crippen LogP contribution in [-0.4, -0.2) is 41.0 Å². The topological polar surface area (TPSA) is 88.0 Å². The molecule has 1 fully saturated rings. The Balaban J connectivity index is 1.64. The summed E-state index contributed by atoms with van der Waals surface area (Å²) in [6.45, 7) is 0.861. The second kappa shape index (κ2) is 5.55. The maximum absolute atomic E-state index is 12.2. The summed E-state index contributed by atoms with van der Waals surface area (Å²) in [4.78, 5) is 4.18. The van der Waals surface area contributed by atoms with E-state index >= 15 is 0 Å². The number of piperidine rings is 1. The fourth-order valence-electron chi connectivity index (χ4n) is 3.32. The number of anilines is 2. The van der Waals surface area contributed by atoms with Crippen LogP contribution in [0.25, 0.3) is 0 Å². The molecule has 10 heteroatoms. The summed E-state index contributed by atoms with van der Waals surface area (Å²) in [7, 11) is 0. The number of ether oxygens (including phenoxy) is 2. The quantitative estimate of drug-likeness (QED) is 0.718. The van der Waals surface area contributed by atoms with Crippen molar-refractivity contribution in [2.24, 2.45) is 0 Å². The molecule has 24 heavy (non-hydrogen) atoms. The van der Waals surface area contributed by atoms with Crippen LogP contribution in [0, 0.1) is 0 Å². The molecule has 2 atom stereocenters. The summed E-state index contributed by atoms with van der Waals surface area (Å²) < 4.78 is 36.8. The number of H-pyrrole nitrogens is 1. The van der Waals surface area contributed by atoms with Crippen molar-refractivity contribution in [2.75, 3.05) is 18.4 Å². The molecule has 4 heterocycles. The highest BCUT2D eigenvalue weighted by atomic mass is 19.3. The summed E-state index contributed by atoms with van der Waals surface area (Å²) in [5.41, 5.74) is -0.263. The Morgan fingerprint density at radius 2 is 2.38 bits per heavy atom. The number of fused-ring (bicyclic) bond motifs is 3. The lowest BCUT2D eigenvalue weighted by molar-refractivity contribution is -0.732. The molecular weight excluding hydrogens is 322 g/mol. The van der Waals surface area contributed by atoms with Gasteiger partial charge in [0.15, 0.2) is 5.54 Å². The Labute approximate surface area is 136 Å². The number of alkyl halides is 2. The van der Waals surface area contributed by atoms with Crippen LogP contribution in [-0.2, 0) is 5.54 Å². The molecule has 2 aliphatic rings. The number of nitrogens with one attached hydrogen (secondary N) is 3. The number of aromatic nitrogens is 4. The number of rotatable bonds is 4. The molecule has 8 nitrogen and oxygen atoms in total. The Morgan fingerprint density at radius 1 is 1.50 bits per heavy atom. The van der Waals surface area contributed by atoms with Crippen LogP contribution in [0.1, 0.15) is 13.3 Å².